The highest BCUT2D eigenvalue weighted by molar-refractivity contribution is 7.89. The summed E-state index contributed by atoms with van der Waals surface area (Å²) in [6, 6.07) is 6.31. The van der Waals surface area contributed by atoms with Gasteiger partial charge in [0.05, 0.1) is 5.69 Å². The van der Waals surface area contributed by atoms with Gasteiger partial charge in [-0.25, -0.2) is 12.8 Å². The molecule has 8 heteroatoms. The summed E-state index contributed by atoms with van der Waals surface area (Å²) in [5, 5.41) is 3.95. The highest BCUT2D eigenvalue weighted by Gasteiger charge is 2.31. The van der Waals surface area contributed by atoms with Crippen LogP contribution in [0, 0.1) is 19.7 Å². The molecule has 2 aromatic rings. The van der Waals surface area contributed by atoms with E-state index in [4.69, 9.17) is 4.52 Å². The fourth-order valence-corrected chi connectivity index (χ4v) is 4.37. The predicted molar refractivity (Wildman–Crippen MR) is 86.4 cm³/mol. The molecule has 1 fully saturated rings. The largest absolute Gasteiger partial charge is 0.361 e. The minimum Gasteiger partial charge on any atom is -0.361 e. The molecule has 1 aromatic carbocycles. The Morgan fingerprint density at radius 1 is 1.21 bits per heavy atom. The van der Waals surface area contributed by atoms with Crippen LogP contribution in [-0.2, 0) is 16.6 Å². The Labute approximate surface area is 140 Å². The summed E-state index contributed by atoms with van der Waals surface area (Å²) in [6.45, 7) is 5.80. The summed E-state index contributed by atoms with van der Waals surface area (Å²) < 4.78 is 45.9. The zero-order chi connectivity index (χ0) is 17.3. The lowest BCUT2D eigenvalue weighted by Crippen LogP contribution is -2.48. The monoisotopic (exact) mass is 353 g/mol. The van der Waals surface area contributed by atoms with Gasteiger partial charge in [-0.2, -0.15) is 4.31 Å². The maximum absolute atomic E-state index is 14.2. The van der Waals surface area contributed by atoms with Crippen molar-refractivity contribution in [2.45, 2.75) is 25.3 Å². The molecule has 1 saturated heterocycles. The minimum atomic E-state index is -3.81. The second-order valence-electron chi connectivity index (χ2n) is 6.00. The van der Waals surface area contributed by atoms with Crippen molar-refractivity contribution in [3.8, 4) is 0 Å². The number of piperazine rings is 1. The third-order valence-corrected chi connectivity index (χ3v) is 6.08. The quantitative estimate of drug-likeness (QED) is 0.840. The van der Waals surface area contributed by atoms with Gasteiger partial charge in [0, 0.05) is 38.8 Å². The van der Waals surface area contributed by atoms with E-state index < -0.39 is 15.8 Å². The van der Waals surface area contributed by atoms with E-state index in [9.17, 15) is 12.8 Å². The van der Waals surface area contributed by atoms with Crippen LogP contribution < -0.4 is 0 Å². The average Bonchev–Trinajstić information content (AvgIpc) is 2.95. The lowest BCUT2D eigenvalue weighted by molar-refractivity contribution is 0.177. The van der Waals surface area contributed by atoms with Crippen molar-refractivity contribution < 1.29 is 17.3 Å². The van der Waals surface area contributed by atoms with Crippen LogP contribution in [0.4, 0.5) is 4.39 Å². The highest BCUT2D eigenvalue weighted by Crippen LogP contribution is 2.23. The fraction of sp³-hybridized carbons (Fsp3) is 0.438. The normalized spacial score (nSPS) is 17.3. The van der Waals surface area contributed by atoms with Crippen LogP contribution in [0.15, 0.2) is 33.7 Å². The van der Waals surface area contributed by atoms with Gasteiger partial charge in [-0.15, -0.1) is 0 Å². The first-order chi connectivity index (χ1) is 11.4. The molecule has 1 aromatic heterocycles. The molecule has 0 unspecified atom stereocenters. The minimum absolute atomic E-state index is 0.247. The Kier molecular flexibility index (Phi) is 4.71. The maximum Gasteiger partial charge on any atom is 0.246 e. The van der Waals surface area contributed by atoms with Gasteiger partial charge in [0.15, 0.2) is 0 Å². The first-order valence-electron chi connectivity index (χ1n) is 7.78. The van der Waals surface area contributed by atoms with Crippen molar-refractivity contribution in [2.24, 2.45) is 0 Å². The van der Waals surface area contributed by atoms with E-state index in [1.807, 2.05) is 13.0 Å². The molecule has 0 atom stereocenters. The Balaban J connectivity index is 1.68. The lowest BCUT2D eigenvalue weighted by Gasteiger charge is -2.33. The second kappa shape index (κ2) is 6.62. The molecule has 1 aliphatic rings. The number of halogens is 1. The summed E-state index contributed by atoms with van der Waals surface area (Å²) in [7, 11) is -3.81. The Morgan fingerprint density at radius 3 is 2.54 bits per heavy atom. The van der Waals surface area contributed by atoms with E-state index in [-0.39, 0.29) is 4.90 Å². The standard InChI is InChI=1S/C16H20FN3O3S/c1-12-4-3-5-15(16(12)17)24(21,22)20-8-6-19(7-9-20)11-14-10-13(2)23-18-14/h3-5,10H,6-9,11H2,1-2H3. The SMILES string of the molecule is Cc1cc(CN2CCN(S(=O)(=O)c3cccc(C)c3F)CC2)no1. The van der Waals surface area contributed by atoms with Crippen molar-refractivity contribution in [2.75, 3.05) is 26.2 Å². The molecular weight excluding hydrogens is 333 g/mol. The van der Waals surface area contributed by atoms with E-state index in [0.717, 1.165) is 11.5 Å². The number of sulfonamides is 1. The Hall–Kier alpha value is -1.77. The molecule has 6 nitrogen and oxygen atoms in total. The average molecular weight is 353 g/mol. The van der Waals surface area contributed by atoms with Crippen molar-refractivity contribution in [1.29, 1.82) is 0 Å². The zero-order valence-electron chi connectivity index (χ0n) is 13.7. The van der Waals surface area contributed by atoms with Gasteiger partial charge < -0.3 is 4.52 Å². The predicted octanol–water partition coefficient (Wildman–Crippen LogP) is 1.94. The summed E-state index contributed by atoms with van der Waals surface area (Å²) in [4.78, 5) is 1.86. The van der Waals surface area contributed by atoms with Crippen molar-refractivity contribution in [3.63, 3.8) is 0 Å². The van der Waals surface area contributed by atoms with Gasteiger partial charge in [-0.05, 0) is 25.5 Å². The Bertz CT molecular complexity index is 827. The molecule has 3 rings (SSSR count). The third kappa shape index (κ3) is 3.35. The molecule has 24 heavy (non-hydrogen) atoms. The number of rotatable bonds is 4. The summed E-state index contributed by atoms with van der Waals surface area (Å²) >= 11 is 0. The summed E-state index contributed by atoms with van der Waals surface area (Å²) in [5.74, 6) is 0.0825. The molecule has 1 aliphatic heterocycles. The molecule has 0 N–H and O–H groups in total. The van der Waals surface area contributed by atoms with Gasteiger partial charge in [-0.3, -0.25) is 4.90 Å². The van der Waals surface area contributed by atoms with Crippen molar-refractivity contribution in [3.05, 3.63) is 47.1 Å². The molecule has 0 radical (unpaired) electrons. The fourth-order valence-electron chi connectivity index (χ4n) is 2.81. The van der Waals surface area contributed by atoms with Crippen molar-refractivity contribution in [1.82, 2.24) is 14.4 Å². The molecule has 0 saturated carbocycles. The number of hydrogen-bond acceptors (Lipinski definition) is 5. The smallest absolute Gasteiger partial charge is 0.246 e. The van der Waals surface area contributed by atoms with Crippen LogP contribution in [0.25, 0.3) is 0 Å². The number of aromatic nitrogens is 1. The van der Waals surface area contributed by atoms with Crippen LogP contribution in [0.5, 0.6) is 0 Å². The first-order valence-corrected chi connectivity index (χ1v) is 9.22. The van der Waals surface area contributed by atoms with Crippen LogP contribution in [-0.4, -0.2) is 49.0 Å². The number of benzene rings is 1. The molecule has 130 valence electrons. The highest BCUT2D eigenvalue weighted by atomic mass is 32.2. The van der Waals surface area contributed by atoms with E-state index in [2.05, 4.69) is 10.1 Å². The van der Waals surface area contributed by atoms with E-state index >= 15 is 0 Å². The van der Waals surface area contributed by atoms with Crippen LogP contribution in [0.2, 0.25) is 0 Å². The lowest BCUT2D eigenvalue weighted by atomic mass is 10.2. The van der Waals surface area contributed by atoms with Gasteiger partial charge in [0.25, 0.3) is 0 Å². The molecular formula is C16H20FN3O3S. The number of nitrogens with zero attached hydrogens (tertiary/aromatic N) is 3. The van der Waals surface area contributed by atoms with Crippen LogP contribution in [0.3, 0.4) is 0 Å². The summed E-state index contributed by atoms with van der Waals surface area (Å²) in [6.07, 6.45) is 0. The molecule has 2 heterocycles. The zero-order valence-corrected chi connectivity index (χ0v) is 14.5. The third-order valence-electron chi connectivity index (χ3n) is 4.17. The molecule has 0 spiro atoms. The Morgan fingerprint density at radius 2 is 1.92 bits per heavy atom. The molecule has 0 aliphatic carbocycles. The van der Waals surface area contributed by atoms with Gasteiger partial charge in [0.1, 0.15) is 16.5 Å². The van der Waals surface area contributed by atoms with Crippen LogP contribution in [0.1, 0.15) is 17.0 Å². The maximum atomic E-state index is 14.2. The van der Waals surface area contributed by atoms with Gasteiger partial charge in [-0.1, -0.05) is 17.3 Å². The van der Waals surface area contributed by atoms with E-state index in [1.54, 1.807) is 19.1 Å². The molecule has 0 amide bonds. The topological polar surface area (TPSA) is 66.7 Å². The van der Waals surface area contributed by atoms with Crippen molar-refractivity contribution >= 4 is 10.0 Å². The van der Waals surface area contributed by atoms with Gasteiger partial charge in [0.2, 0.25) is 10.0 Å². The second-order valence-corrected chi connectivity index (χ2v) is 7.90. The number of aryl methyl sites for hydroxylation is 2. The number of hydrogen-bond donors (Lipinski definition) is 0. The van der Waals surface area contributed by atoms with E-state index in [1.165, 1.54) is 10.4 Å². The van der Waals surface area contributed by atoms with E-state index in [0.29, 0.717) is 38.3 Å². The first kappa shape index (κ1) is 17.1. The van der Waals surface area contributed by atoms with Gasteiger partial charge >= 0.3 is 0 Å². The molecule has 0 bridgehead atoms. The van der Waals surface area contributed by atoms with Crippen LogP contribution >= 0.6 is 0 Å². The summed E-state index contributed by atoms with van der Waals surface area (Å²) in [5.41, 5.74) is 1.16.